The molecular formula is C9H9F4N5O. The van der Waals surface area contributed by atoms with Crippen molar-refractivity contribution in [2.24, 2.45) is 27.2 Å². The van der Waals surface area contributed by atoms with E-state index in [2.05, 4.69) is 14.7 Å². The van der Waals surface area contributed by atoms with Gasteiger partial charge in [0.25, 0.3) is 0 Å². The molecule has 104 valence electrons. The van der Waals surface area contributed by atoms with E-state index in [-0.39, 0.29) is 5.69 Å². The summed E-state index contributed by atoms with van der Waals surface area (Å²) in [5.41, 5.74) is 14.9. The summed E-state index contributed by atoms with van der Waals surface area (Å²) in [5.74, 6) is -2.62. The van der Waals surface area contributed by atoms with Gasteiger partial charge in [-0.3, -0.25) is 0 Å². The average molecular weight is 279 g/mol. The van der Waals surface area contributed by atoms with Crippen molar-refractivity contribution in [2.75, 3.05) is 0 Å². The minimum atomic E-state index is -4.91. The molecule has 19 heavy (non-hydrogen) atoms. The zero-order chi connectivity index (χ0) is 14.6. The predicted octanol–water partition coefficient (Wildman–Crippen LogP) is 0.944. The predicted molar refractivity (Wildman–Crippen MR) is 60.2 cm³/mol. The number of hydrogen-bond acceptors (Lipinski definition) is 2. The largest absolute Gasteiger partial charge is 0.573 e. The lowest BCUT2D eigenvalue weighted by Crippen LogP contribution is -2.26. The second kappa shape index (κ2) is 5.42. The van der Waals surface area contributed by atoms with Crippen LogP contribution in [0.25, 0.3) is 0 Å². The molecule has 6 nitrogen and oxygen atoms in total. The Morgan fingerprint density at radius 3 is 2.26 bits per heavy atom. The summed E-state index contributed by atoms with van der Waals surface area (Å²) in [4.78, 5) is 6.79. The van der Waals surface area contributed by atoms with Gasteiger partial charge < -0.3 is 21.9 Å². The summed E-state index contributed by atoms with van der Waals surface area (Å²) in [6.45, 7) is 0. The number of guanidine groups is 2. The van der Waals surface area contributed by atoms with Crippen LogP contribution in [0.3, 0.4) is 0 Å². The van der Waals surface area contributed by atoms with Crippen LogP contribution in [0.2, 0.25) is 0 Å². The molecule has 0 radical (unpaired) electrons. The van der Waals surface area contributed by atoms with Crippen molar-refractivity contribution in [2.45, 2.75) is 6.36 Å². The van der Waals surface area contributed by atoms with Crippen LogP contribution in [-0.4, -0.2) is 18.3 Å². The Hall–Kier alpha value is -2.52. The smallest absolute Gasteiger partial charge is 0.406 e. The molecule has 1 rings (SSSR count). The van der Waals surface area contributed by atoms with E-state index < -0.39 is 29.8 Å². The second-order valence-corrected chi connectivity index (χ2v) is 3.17. The number of halogens is 4. The van der Waals surface area contributed by atoms with Gasteiger partial charge in [-0.2, -0.15) is 4.99 Å². The minimum absolute atomic E-state index is 0.336. The third-order valence-corrected chi connectivity index (χ3v) is 1.63. The van der Waals surface area contributed by atoms with Crippen molar-refractivity contribution in [1.82, 2.24) is 0 Å². The van der Waals surface area contributed by atoms with Crippen molar-refractivity contribution in [1.29, 1.82) is 0 Å². The fraction of sp³-hybridized carbons (Fsp3) is 0.111. The molecule has 6 N–H and O–H groups in total. The molecule has 0 atom stereocenters. The van der Waals surface area contributed by atoms with E-state index >= 15 is 0 Å². The van der Waals surface area contributed by atoms with Crippen LogP contribution >= 0.6 is 0 Å². The van der Waals surface area contributed by atoms with Crippen LogP contribution in [-0.2, 0) is 0 Å². The highest BCUT2D eigenvalue weighted by molar-refractivity contribution is 5.93. The molecule has 1 aromatic carbocycles. The van der Waals surface area contributed by atoms with Crippen LogP contribution in [0, 0.1) is 5.82 Å². The van der Waals surface area contributed by atoms with Gasteiger partial charge in [0, 0.05) is 6.07 Å². The number of rotatable bonds is 2. The van der Waals surface area contributed by atoms with Crippen LogP contribution in [0.4, 0.5) is 23.2 Å². The molecule has 0 saturated carbocycles. The topological polar surface area (TPSA) is 112 Å². The lowest BCUT2D eigenvalue weighted by atomic mass is 10.3. The maximum absolute atomic E-state index is 13.4. The third-order valence-electron chi connectivity index (χ3n) is 1.63. The van der Waals surface area contributed by atoms with Gasteiger partial charge in [0.05, 0.1) is 0 Å². The van der Waals surface area contributed by atoms with Gasteiger partial charge in [-0.25, -0.2) is 9.38 Å². The maximum Gasteiger partial charge on any atom is 0.573 e. The Morgan fingerprint density at radius 1 is 1.16 bits per heavy atom. The fourth-order valence-electron chi connectivity index (χ4n) is 1.06. The fourth-order valence-corrected chi connectivity index (χ4v) is 1.06. The molecule has 10 heteroatoms. The molecule has 0 aliphatic rings. The summed E-state index contributed by atoms with van der Waals surface area (Å²) in [5, 5.41) is 0. The van der Waals surface area contributed by atoms with Crippen LogP contribution < -0.4 is 21.9 Å². The van der Waals surface area contributed by atoms with Gasteiger partial charge in [-0.1, -0.05) is 0 Å². The summed E-state index contributed by atoms with van der Waals surface area (Å²) >= 11 is 0. The van der Waals surface area contributed by atoms with Gasteiger partial charge >= 0.3 is 6.36 Å². The Balaban J connectivity index is 2.98. The standard InChI is InChI=1S/C9H9F4N5O/c10-5-3-4(19-9(11,12)13)1-2-6(5)17-8(16)18-7(14)15/h1-3H,(H6,14,15,16,17,18). The first-order valence-corrected chi connectivity index (χ1v) is 4.66. The zero-order valence-electron chi connectivity index (χ0n) is 9.28. The normalized spacial score (nSPS) is 12.1. The number of ether oxygens (including phenoxy) is 1. The van der Waals surface area contributed by atoms with E-state index in [1.165, 1.54) is 0 Å². The van der Waals surface area contributed by atoms with Crippen LogP contribution in [0.1, 0.15) is 0 Å². The number of nitrogens with two attached hydrogens (primary N) is 3. The zero-order valence-corrected chi connectivity index (χ0v) is 9.28. The molecule has 0 unspecified atom stereocenters. The second-order valence-electron chi connectivity index (χ2n) is 3.17. The van der Waals surface area contributed by atoms with Gasteiger partial charge in [-0.15, -0.1) is 13.2 Å². The first-order chi connectivity index (χ1) is 8.67. The highest BCUT2D eigenvalue weighted by Gasteiger charge is 2.31. The van der Waals surface area contributed by atoms with Crippen LogP contribution in [0.5, 0.6) is 5.75 Å². The van der Waals surface area contributed by atoms with Crippen molar-refractivity contribution in [3.05, 3.63) is 24.0 Å². The summed E-state index contributed by atoms with van der Waals surface area (Å²) < 4.78 is 52.6. The monoisotopic (exact) mass is 279 g/mol. The molecular weight excluding hydrogens is 270 g/mol. The SMILES string of the molecule is NC(N)=NC(N)=Nc1ccc(OC(F)(F)F)cc1F. The third kappa shape index (κ3) is 5.10. The molecule has 0 aliphatic heterocycles. The van der Waals surface area contributed by atoms with E-state index in [1.807, 2.05) is 0 Å². The molecule has 0 aromatic heterocycles. The van der Waals surface area contributed by atoms with Crippen molar-refractivity contribution < 1.29 is 22.3 Å². The van der Waals surface area contributed by atoms with Gasteiger partial charge in [0.2, 0.25) is 5.96 Å². The van der Waals surface area contributed by atoms with E-state index in [4.69, 9.17) is 17.2 Å². The molecule has 0 saturated heterocycles. The number of hydrogen-bond donors (Lipinski definition) is 3. The van der Waals surface area contributed by atoms with Crippen molar-refractivity contribution in [3.8, 4) is 5.75 Å². The molecule has 0 bridgehead atoms. The molecule has 0 aliphatic carbocycles. The van der Waals surface area contributed by atoms with E-state index in [0.29, 0.717) is 6.07 Å². The van der Waals surface area contributed by atoms with E-state index in [9.17, 15) is 17.6 Å². The highest BCUT2D eigenvalue weighted by Crippen LogP contribution is 2.27. The Labute approximate surface area is 104 Å². The molecule has 0 fully saturated rings. The first kappa shape index (κ1) is 14.5. The number of alkyl halides is 3. The average Bonchev–Trinajstić information content (AvgIpc) is 2.18. The first-order valence-electron chi connectivity index (χ1n) is 4.66. The number of aliphatic imine (C=N–C) groups is 2. The Morgan fingerprint density at radius 2 is 1.79 bits per heavy atom. The van der Waals surface area contributed by atoms with Gasteiger partial charge in [0.1, 0.15) is 11.4 Å². The molecule has 0 amide bonds. The van der Waals surface area contributed by atoms with E-state index in [1.54, 1.807) is 0 Å². The lowest BCUT2D eigenvalue weighted by Gasteiger charge is -2.09. The maximum atomic E-state index is 13.4. The van der Waals surface area contributed by atoms with E-state index in [0.717, 1.165) is 12.1 Å². The number of benzene rings is 1. The lowest BCUT2D eigenvalue weighted by molar-refractivity contribution is -0.274. The minimum Gasteiger partial charge on any atom is -0.406 e. The van der Waals surface area contributed by atoms with Crippen molar-refractivity contribution in [3.63, 3.8) is 0 Å². The highest BCUT2D eigenvalue weighted by atomic mass is 19.4. The van der Waals surface area contributed by atoms with Gasteiger partial charge in [-0.05, 0) is 12.1 Å². The number of nitrogens with zero attached hydrogens (tertiary/aromatic N) is 2. The molecule has 0 spiro atoms. The molecule has 1 aromatic rings. The molecule has 0 heterocycles. The quantitative estimate of drug-likeness (QED) is 0.425. The van der Waals surface area contributed by atoms with Crippen molar-refractivity contribution >= 4 is 17.6 Å². The summed E-state index contributed by atoms with van der Waals surface area (Å²) in [6, 6.07) is 2.32. The van der Waals surface area contributed by atoms with Gasteiger partial charge in [0.15, 0.2) is 11.8 Å². The van der Waals surface area contributed by atoms with Crippen LogP contribution in [0.15, 0.2) is 28.2 Å². The summed E-state index contributed by atoms with van der Waals surface area (Å²) in [7, 11) is 0. The summed E-state index contributed by atoms with van der Waals surface area (Å²) in [6.07, 6.45) is -4.91. The Bertz CT molecular complexity index is 522. The Kier molecular flexibility index (Phi) is 4.14.